The van der Waals surface area contributed by atoms with Gasteiger partial charge in [0.1, 0.15) is 24.0 Å². The number of amides is 2. The molecule has 0 fully saturated rings. The molecule has 1 aliphatic heterocycles. The van der Waals surface area contributed by atoms with E-state index in [1.807, 2.05) is 71.0 Å². The van der Waals surface area contributed by atoms with Crippen LogP contribution in [-0.4, -0.2) is 46.2 Å². The van der Waals surface area contributed by atoms with Gasteiger partial charge in [-0.3, -0.25) is 10.1 Å². The number of carbonyl (C=O) groups excluding carboxylic acids is 3. The van der Waals surface area contributed by atoms with Gasteiger partial charge in [0.15, 0.2) is 0 Å². The predicted octanol–water partition coefficient (Wildman–Crippen LogP) is 8.18. The number of benzene rings is 4. The van der Waals surface area contributed by atoms with E-state index in [2.05, 4.69) is 29.6 Å². The lowest BCUT2D eigenvalue weighted by atomic mass is 9.82. The summed E-state index contributed by atoms with van der Waals surface area (Å²) in [6.07, 6.45) is 0.480. The molecule has 0 spiro atoms. The standard InChI is InChI=1S/C41H44N2O6/c1-6-25(2)37(39(46)49-41(3,4)5)43-23-27-22-28(17-20-30(27)35(38(43)45)21-26-15-18-29(44)19-16-26)42-40(47)48-24-36-33-13-9-7-11-31(33)32-12-8-10-14-34(32)36/h7-20,22,25,35-37,44H,6,21,23-24H2,1-5H3,(H,42,47)/t25-,35?,37-/m0/s1. The molecule has 2 amide bonds. The van der Waals surface area contributed by atoms with Crippen molar-refractivity contribution in [1.82, 2.24) is 4.90 Å². The van der Waals surface area contributed by atoms with E-state index in [-0.39, 0.29) is 36.6 Å². The molecule has 49 heavy (non-hydrogen) atoms. The van der Waals surface area contributed by atoms with Crippen molar-refractivity contribution in [3.05, 3.63) is 119 Å². The van der Waals surface area contributed by atoms with Crippen LogP contribution in [0.15, 0.2) is 91.0 Å². The van der Waals surface area contributed by atoms with E-state index in [1.165, 1.54) is 0 Å². The minimum atomic E-state index is -0.786. The second-order valence-electron chi connectivity index (χ2n) is 14.1. The molecular weight excluding hydrogens is 616 g/mol. The zero-order valence-electron chi connectivity index (χ0n) is 28.7. The summed E-state index contributed by atoms with van der Waals surface area (Å²) in [4.78, 5) is 42.8. The number of esters is 1. The molecule has 0 bridgehead atoms. The SMILES string of the molecule is CC[C@H](C)[C@@H](C(=O)OC(C)(C)C)N1Cc2cc(NC(=O)OCC3c4ccccc4-c4ccccc43)ccc2C(Cc2ccc(O)cc2)C1=O. The maximum atomic E-state index is 14.3. The number of hydrogen-bond donors (Lipinski definition) is 2. The predicted molar refractivity (Wildman–Crippen MR) is 189 cm³/mol. The average Bonchev–Trinajstić information content (AvgIpc) is 3.39. The van der Waals surface area contributed by atoms with E-state index in [1.54, 1.807) is 35.2 Å². The number of phenolic OH excluding ortho intramolecular Hbond substituents is 1. The molecule has 6 rings (SSSR count). The van der Waals surface area contributed by atoms with Crippen LogP contribution in [-0.2, 0) is 32.0 Å². The summed E-state index contributed by atoms with van der Waals surface area (Å²) < 4.78 is 11.6. The molecular formula is C41H44N2O6. The van der Waals surface area contributed by atoms with Crippen LogP contribution >= 0.6 is 0 Å². The monoisotopic (exact) mass is 660 g/mol. The molecule has 8 heteroatoms. The van der Waals surface area contributed by atoms with Gasteiger partial charge < -0.3 is 19.5 Å². The fourth-order valence-corrected chi connectivity index (χ4v) is 7.06. The highest BCUT2D eigenvalue weighted by Crippen LogP contribution is 2.44. The van der Waals surface area contributed by atoms with Crippen molar-refractivity contribution in [3.8, 4) is 16.9 Å². The molecule has 8 nitrogen and oxygen atoms in total. The van der Waals surface area contributed by atoms with Crippen LogP contribution in [0.1, 0.15) is 80.7 Å². The third-order valence-electron chi connectivity index (χ3n) is 9.57. The van der Waals surface area contributed by atoms with Crippen molar-refractivity contribution < 1.29 is 29.0 Å². The zero-order chi connectivity index (χ0) is 34.9. The van der Waals surface area contributed by atoms with Crippen LogP contribution in [0.3, 0.4) is 0 Å². The number of anilines is 1. The first kappa shape index (κ1) is 33.8. The largest absolute Gasteiger partial charge is 0.508 e. The van der Waals surface area contributed by atoms with Crippen LogP contribution in [0.25, 0.3) is 11.1 Å². The molecule has 1 heterocycles. The highest BCUT2D eigenvalue weighted by atomic mass is 16.6. The summed E-state index contributed by atoms with van der Waals surface area (Å²) in [5.41, 5.74) is 6.94. The first-order chi connectivity index (χ1) is 23.4. The van der Waals surface area contributed by atoms with Gasteiger partial charge in [0, 0.05) is 18.2 Å². The fourth-order valence-electron chi connectivity index (χ4n) is 7.06. The average molecular weight is 661 g/mol. The normalized spacial score (nSPS) is 16.6. The maximum Gasteiger partial charge on any atom is 0.411 e. The highest BCUT2D eigenvalue weighted by molar-refractivity contribution is 5.92. The van der Waals surface area contributed by atoms with Gasteiger partial charge >= 0.3 is 12.1 Å². The second-order valence-corrected chi connectivity index (χ2v) is 14.1. The summed E-state index contributed by atoms with van der Waals surface area (Å²) in [6, 6.07) is 27.9. The van der Waals surface area contributed by atoms with Gasteiger partial charge in [-0.05, 0) is 96.3 Å². The summed E-state index contributed by atoms with van der Waals surface area (Å²) >= 11 is 0. The van der Waals surface area contributed by atoms with E-state index in [0.717, 1.165) is 38.9 Å². The molecule has 0 radical (unpaired) electrons. The van der Waals surface area contributed by atoms with Gasteiger partial charge in [0.2, 0.25) is 5.91 Å². The van der Waals surface area contributed by atoms with Crippen molar-refractivity contribution >= 4 is 23.7 Å². The number of nitrogens with zero attached hydrogens (tertiary/aromatic N) is 1. The van der Waals surface area contributed by atoms with Crippen LogP contribution in [0.4, 0.5) is 10.5 Å². The van der Waals surface area contributed by atoms with Gasteiger partial charge in [0.05, 0.1) is 5.92 Å². The molecule has 4 aromatic rings. The Bertz CT molecular complexity index is 1820. The van der Waals surface area contributed by atoms with E-state index < -0.39 is 29.6 Å². The molecule has 3 atom stereocenters. The lowest BCUT2D eigenvalue weighted by molar-refractivity contribution is -0.168. The van der Waals surface area contributed by atoms with E-state index >= 15 is 0 Å². The van der Waals surface area contributed by atoms with Crippen molar-refractivity contribution in [2.24, 2.45) is 5.92 Å². The molecule has 2 aliphatic rings. The Labute approximate surface area is 288 Å². The summed E-state index contributed by atoms with van der Waals surface area (Å²) in [5.74, 6) is -1.25. The number of nitrogens with one attached hydrogen (secondary N) is 1. The number of hydrogen-bond acceptors (Lipinski definition) is 6. The third kappa shape index (κ3) is 7.19. The number of fused-ring (bicyclic) bond motifs is 4. The topological polar surface area (TPSA) is 105 Å². The number of ether oxygens (including phenoxy) is 2. The Morgan fingerprint density at radius 2 is 1.53 bits per heavy atom. The number of rotatable bonds is 9. The highest BCUT2D eigenvalue weighted by Gasteiger charge is 2.43. The quantitative estimate of drug-likeness (QED) is 0.176. The Morgan fingerprint density at radius 1 is 0.898 bits per heavy atom. The van der Waals surface area contributed by atoms with Crippen molar-refractivity contribution in [3.63, 3.8) is 0 Å². The minimum Gasteiger partial charge on any atom is -0.508 e. The van der Waals surface area contributed by atoms with Crippen LogP contribution < -0.4 is 5.32 Å². The van der Waals surface area contributed by atoms with Crippen molar-refractivity contribution in [1.29, 1.82) is 0 Å². The van der Waals surface area contributed by atoms with Crippen LogP contribution in [0, 0.1) is 5.92 Å². The van der Waals surface area contributed by atoms with Gasteiger partial charge in [0.25, 0.3) is 0 Å². The molecule has 254 valence electrons. The third-order valence-corrected chi connectivity index (χ3v) is 9.57. The molecule has 1 aliphatic carbocycles. The van der Waals surface area contributed by atoms with Gasteiger partial charge in [-0.1, -0.05) is 87.0 Å². The number of aromatic hydroxyl groups is 1. The molecule has 0 aromatic heterocycles. The van der Waals surface area contributed by atoms with Gasteiger partial charge in [-0.25, -0.2) is 9.59 Å². The fraction of sp³-hybridized carbons (Fsp3) is 0.341. The van der Waals surface area contributed by atoms with E-state index in [4.69, 9.17) is 9.47 Å². The Kier molecular flexibility index (Phi) is 9.50. The summed E-state index contributed by atoms with van der Waals surface area (Å²) in [5, 5.41) is 12.7. The van der Waals surface area contributed by atoms with Crippen molar-refractivity contribution in [2.75, 3.05) is 11.9 Å². The zero-order valence-corrected chi connectivity index (χ0v) is 28.7. The lowest BCUT2D eigenvalue weighted by Gasteiger charge is -2.41. The first-order valence-electron chi connectivity index (χ1n) is 17.0. The molecule has 4 aromatic carbocycles. The van der Waals surface area contributed by atoms with Crippen molar-refractivity contribution in [2.45, 2.75) is 77.5 Å². The lowest BCUT2D eigenvalue weighted by Crippen LogP contribution is -2.53. The van der Waals surface area contributed by atoms with Crippen LogP contribution in [0.2, 0.25) is 0 Å². The molecule has 2 N–H and O–H groups in total. The van der Waals surface area contributed by atoms with Gasteiger partial charge in [-0.15, -0.1) is 0 Å². The second kappa shape index (κ2) is 13.8. The maximum absolute atomic E-state index is 14.3. The Morgan fingerprint density at radius 3 is 2.14 bits per heavy atom. The molecule has 1 unspecified atom stereocenters. The number of carbonyl (C=O) groups is 3. The molecule has 0 saturated heterocycles. The summed E-state index contributed by atoms with van der Waals surface area (Å²) in [6.45, 7) is 9.79. The van der Waals surface area contributed by atoms with E-state index in [9.17, 15) is 19.5 Å². The molecule has 0 saturated carbocycles. The van der Waals surface area contributed by atoms with Gasteiger partial charge in [-0.2, -0.15) is 0 Å². The van der Waals surface area contributed by atoms with E-state index in [0.29, 0.717) is 18.5 Å². The number of phenols is 1. The smallest absolute Gasteiger partial charge is 0.411 e. The van der Waals surface area contributed by atoms with Crippen LogP contribution in [0.5, 0.6) is 5.75 Å². The first-order valence-corrected chi connectivity index (χ1v) is 17.0. The minimum absolute atomic E-state index is 0.0627. The Hall–Kier alpha value is -5.11. The summed E-state index contributed by atoms with van der Waals surface area (Å²) in [7, 11) is 0. The Balaban J connectivity index is 1.26.